The Morgan fingerprint density at radius 2 is 1.94 bits per heavy atom. The van der Waals surface area contributed by atoms with Gasteiger partial charge in [0.15, 0.2) is 14.6 Å². The third kappa shape index (κ3) is 3.78. The van der Waals surface area contributed by atoms with E-state index in [1.165, 1.54) is 0 Å². The standard InChI is InChI=1S/C13H28O3Si/c1-7-11-10(8-12(14)16-11)9-15-17(5,6)13(2,3)4/h10-12,14H,7-9H2,1-6H3/t10-,11-,12?/m1/s1. The van der Waals surface area contributed by atoms with Gasteiger partial charge >= 0.3 is 0 Å². The summed E-state index contributed by atoms with van der Waals surface area (Å²) in [6.07, 6.45) is 1.23. The van der Waals surface area contributed by atoms with Gasteiger partial charge in [0.2, 0.25) is 0 Å². The Morgan fingerprint density at radius 1 is 1.35 bits per heavy atom. The SMILES string of the molecule is CC[C@H]1OC(O)C[C@@H]1CO[Si](C)(C)C(C)(C)C. The molecule has 0 spiro atoms. The lowest BCUT2D eigenvalue weighted by Crippen LogP contribution is -2.42. The maximum Gasteiger partial charge on any atom is 0.191 e. The Hall–Kier alpha value is 0.0969. The smallest absolute Gasteiger partial charge is 0.191 e. The van der Waals surface area contributed by atoms with Gasteiger partial charge < -0.3 is 14.3 Å². The van der Waals surface area contributed by atoms with Crippen molar-refractivity contribution in [2.75, 3.05) is 6.61 Å². The van der Waals surface area contributed by atoms with Crippen LogP contribution in [-0.4, -0.2) is 32.4 Å². The second kappa shape index (κ2) is 5.39. The minimum Gasteiger partial charge on any atom is -0.416 e. The van der Waals surface area contributed by atoms with Crippen LogP contribution >= 0.6 is 0 Å². The molecule has 1 fully saturated rings. The maximum atomic E-state index is 9.52. The van der Waals surface area contributed by atoms with Gasteiger partial charge in [0.05, 0.1) is 6.10 Å². The molecular formula is C13H28O3Si. The number of hydrogen-bond acceptors (Lipinski definition) is 3. The molecule has 1 rings (SSSR count). The van der Waals surface area contributed by atoms with Crippen LogP contribution in [0.5, 0.6) is 0 Å². The lowest BCUT2D eigenvalue weighted by atomic mass is 10.0. The van der Waals surface area contributed by atoms with E-state index in [0.29, 0.717) is 12.3 Å². The van der Waals surface area contributed by atoms with Crippen molar-refractivity contribution in [3.05, 3.63) is 0 Å². The van der Waals surface area contributed by atoms with Gasteiger partial charge in [-0.05, 0) is 24.6 Å². The average molecular weight is 260 g/mol. The summed E-state index contributed by atoms with van der Waals surface area (Å²) in [5.74, 6) is 0.351. The van der Waals surface area contributed by atoms with Crippen LogP contribution in [0.2, 0.25) is 18.1 Å². The first-order valence-corrected chi connectivity index (χ1v) is 9.55. The Bertz CT molecular complexity index is 248. The van der Waals surface area contributed by atoms with Crippen molar-refractivity contribution in [2.45, 2.75) is 71.1 Å². The number of rotatable bonds is 4. The van der Waals surface area contributed by atoms with E-state index in [1.807, 2.05) is 0 Å². The van der Waals surface area contributed by atoms with Crippen molar-refractivity contribution < 1.29 is 14.3 Å². The predicted octanol–water partition coefficient (Wildman–Crippen LogP) is 3.14. The zero-order valence-corrected chi connectivity index (χ0v) is 13.1. The van der Waals surface area contributed by atoms with E-state index < -0.39 is 14.6 Å². The van der Waals surface area contributed by atoms with Crippen LogP contribution in [0.25, 0.3) is 0 Å². The quantitative estimate of drug-likeness (QED) is 0.789. The van der Waals surface area contributed by atoms with Crippen LogP contribution in [0.15, 0.2) is 0 Å². The Balaban J connectivity index is 2.50. The molecule has 1 heterocycles. The van der Waals surface area contributed by atoms with Crippen molar-refractivity contribution >= 4 is 8.32 Å². The molecule has 3 nitrogen and oxygen atoms in total. The molecule has 0 amide bonds. The summed E-state index contributed by atoms with van der Waals surface area (Å²) in [6, 6.07) is 0. The molecule has 0 radical (unpaired) electrons. The molecule has 0 aromatic heterocycles. The summed E-state index contributed by atoms with van der Waals surface area (Å²) < 4.78 is 11.7. The molecule has 1 aliphatic rings. The first-order valence-electron chi connectivity index (χ1n) is 6.65. The van der Waals surface area contributed by atoms with Crippen molar-refractivity contribution in [1.82, 2.24) is 0 Å². The van der Waals surface area contributed by atoms with Crippen molar-refractivity contribution in [3.63, 3.8) is 0 Å². The van der Waals surface area contributed by atoms with E-state index in [4.69, 9.17) is 9.16 Å². The van der Waals surface area contributed by atoms with Gasteiger partial charge in [0.25, 0.3) is 0 Å². The summed E-state index contributed by atoms with van der Waals surface area (Å²) in [7, 11) is -1.67. The van der Waals surface area contributed by atoms with E-state index in [0.717, 1.165) is 13.0 Å². The first kappa shape index (κ1) is 15.2. The molecule has 1 aliphatic heterocycles. The van der Waals surface area contributed by atoms with E-state index in [9.17, 15) is 5.11 Å². The molecule has 17 heavy (non-hydrogen) atoms. The molecule has 4 heteroatoms. The van der Waals surface area contributed by atoms with Crippen molar-refractivity contribution in [1.29, 1.82) is 0 Å². The van der Waals surface area contributed by atoms with Crippen LogP contribution in [0, 0.1) is 5.92 Å². The topological polar surface area (TPSA) is 38.7 Å². The molecular weight excluding hydrogens is 232 g/mol. The summed E-state index contributed by atoms with van der Waals surface area (Å²) in [6.45, 7) is 14.1. The highest BCUT2D eigenvalue weighted by Gasteiger charge is 2.40. The number of aliphatic hydroxyl groups excluding tert-OH is 1. The van der Waals surface area contributed by atoms with Crippen molar-refractivity contribution in [3.8, 4) is 0 Å². The predicted molar refractivity (Wildman–Crippen MR) is 72.4 cm³/mol. The van der Waals surface area contributed by atoms with E-state index in [2.05, 4.69) is 40.8 Å². The highest BCUT2D eigenvalue weighted by molar-refractivity contribution is 6.74. The normalized spacial score (nSPS) is 30.9. The summed E-state index contributed by atoms with van der Waals surface area (Å²) in [5.41, 5.74) is 0. The molecule has 3 atom stereocenters. The Labute approximate surface area is 107 Å². The molecule has 0 saturated carbocycles. The van der Waals surface area contributed by atoms with Gasteiger partial charge in [-0.2, -0.15) is 0 Å². The third-order valence-corrected chi connectivity index (χ3v) is 8.73. The van der Waals surface area contributed by atoms with Gasteiger partial charge in [-0.3, -0.25) is 0 Å². The number of ether oxygens (including phenoxy) is 1. The van der Waals surface area contributed by atoms with Crippen LogP contribution in [-0.2, 0) is 9.16 Å². The zero-order valence-electron chi connectivity index (χ0n) is 12.1. The lowest BCUT2D eigenvalue weighted by Gasteiger charge is -2.37. The minimum atomic E-state index is -1.67. The molecule has 0 bridgehead atoms. The van der Waals surface area contributed by atoms with Crippen LogP contribution in [0.4, 0.5) is 0 Å². The summed E-state index contributed by atoms with van der Waals surface area (Å²) in [4.78, 5) is 0. The molecule has 0 aromatic rings. The minimum absolute atomic E-state index is 0.162. The molecule has 102 valence electrons. The first-order chi connectivity index (χ1) is 7.67. The average Bonchev–Trinajstić information content (AvgIpc) is 2.54. The second-order valence-corrected chi connectivity index (χ2v) is 11.4. The fourth-order valence-corrected chi connectivity index (χ4v) is 2.98. The van der Waals surface area contributed by atoms with Crippen LogP contribution in [0.3, 0.4) is 0 Å². The van der Waals surface area contributed by atoms with Gasteiger partial charge in [0, 0.05) is 18.9 Å². The Morgan fingerprint density at radius 3 is 2.41 bits per heavy atom. The molecule has 1 unspecified atom stereocenters. The van der Waals surface area contributed by atoms with Crippen LogP contribution < -0.4 is 0 Å². The van der Waals surface area contributed by atoms with Gasteiger partial charge in [-0.15, -0.1) is 0 Å². The maximum absolute atomic E-state index is 9.52. The highest BCUT2D eigenvalue weighted by atomic mass is 28.4. The van der Waals surface area contributed by atoms with Gasteiger partial charge in [-0.1, -0.05) is 27.7 Å². The molecule has 1 saturated heterocycles. The van der Waals surface area contributed by atoms with Gasteiger partial charge in [0.1, 0.15) is 0 Å². The van der Waals surface area contributed by atoms with E-state index in [1.54, 1.807) is 0 Å². The third-order valence-electron chi connectivity index (χ3n) is 4.23. The Kier molecular flexibility index (Phi) is 4.80. The number of hydrogen-bond donors (Lipinski definition) is 1. The monoisotopic (exact) mass is 260 g/mol. The number of aliphatic hydroxyl groups is 1. The van der Waals surface area contributed by atoms with Crippen LogP contribution in [0.1, 0.15) is 40.5 Å². The molecule has 0 aromatic carbocycles. The summed E-state index contributed by atoms with van der Waals surface area (Å²) >= 11 is 0. The van der Waals surface area contributed by atoms with Crippen molar-refractivity contribution in [2.24, 2.45) is 5.92 Å². The fraction of sp³-hybridized carbons (Fsp3) is 1.00. The summed E-state index contributed by atoms with van der Waals surface area (Å²) in [5, 5.41) is 9.77. The molecule has 1 N–H and O–H groups in total. The van der Waals surface area contributed by atoms with E-state index >= 15 is 0 Å². The lowest BCUT2D eigenvalue weighted by molar-refractivity contribution is -0.0931. The van der Waals surface area contributed by atoms with Gasteiger partial charge in [-0.25, -0.2) is 0 Å². The zero-order chi connectivity index (χ0) is 13.3. The fourth-order valence-electron chi connectivity index (χ4n) is 1.92. The molecule has 0 aliphatic carbocycles. The second-order valence-electron chi connectivity index (χ2n) is 6.60. The van der Waals surface area contributed by atoms with E-state index in [-0.39, 0.29) is 11.1 Å². The highest BCUT2D eigenvalue weighted by Crippen LogP contribution is 2.38. The largest absolute Gasteiger partial charge is 0.416 e.